The molecule has 1 atom stereocenters. The smallest absolute Gasteiger partial charge is 0.289 e. The molecule has 1 heterocycles. The van der Waals surface area contributed by atoms with Crippen LogP contribution in [0.1, 0.15) is 23.2 Å². The Hall–Kier alpha value is -1.36. The Kier molecular flexibility index (Phi) is 4.06. The highest BCUT2D eigenvalue weighted by Gasteiger charge is 2.18. The van der Waals surface area contributed by atoms with Gasteiger partial charge in [-0.1, -0.05) is 19.1 Å². The van der Waals surface area contributed by atoms with Crippen molar-refractivity contribution in [1.82, 2.24) is 4.90 Å². The van der Waals surface area contributed by atoms with Gasteiger partial charge in [0, 0.05) is 19.5 Å². The van der Waals surface area contributed by atoms with Crippen molar-refractivity contribution in [3.8, 4) is 0 Å². The van der Waals surface area contributed by atoms with Crippen molar-refractivity contribution in [2.24, 2.45) is 11.7 Å². The largest absolute Gasteiger partial charge is 0.456 e. The third-order valence-electron chi connectivity index (χ3n) is 2.33. The highest BCUT2D eigenvalue weighted by Crippen LogP contribution is 2.10. The van der Waals surface area contributed by atoms with Gasteiger partial charge in [0.15, 0.2) is 5.76 Å². The van der Waals surface area contributed by atoms with Crippen LogP contribution in [0.15, 0.2) is 16.5 Å². The second-order valence-electron chi connectivity index (χ2n) is 3.90. The molecule has 0 bridgehead atoms. The van der Waals surface area contributed by atoms with Gasteiger partial charge in [0.2, 0.25) is 0 Å². The van der Waals surface area contributed by atoms with Crippen LogP contribution in [-0.2, 0) is 0 Å². The maximum Gasteiger partial charge on any atom is 0.289 e. The fourth-order valence-electron chi connectivity index (χ4n) is 1.32. The molecule has 0 spiro atoms. The number of hydrogen-bond acceptors (Lipinski definition) is 3. The predicted molar refractivity (Wildman–Crippen MR) is 66.4 cm³/mol. The van der Waals surface area contributed by atoms with Gasteiger partial charge in [-0.05, 0) is 19.1 Å². The Labute approximate surface area is 100 Å². The minimum atomic E-state index is -0.156. The molecule has 0 radical (unpaired) electrons. The Morgan fingerprint density at radius 1 is 1.62 bits per heavy atom. The molecule has 1 aromatic heterocycles. The number of thiocarbonyl (C=S) groups is 1. The number of nitrogens with zero attached hydrogens (tertiary/aromatic N) is 1. The zero-order valence-electron chi connectivity index (χ0n) is 9.69. The van der Waals surface area contributed by atoms with E-state index in [9.17, 15) is 4.79 Å². The van der Waals surface area contributed by atoms with Crippen LogP contribution in [0.3, 0.4) is 0 Å². The van der Waals surface area contributed by atoms with Crippen LogP contribution in [-0.4, -0.2) is 29.4 Å². The molecule has 0 aliphatic carbocycles. The molecule has 88 valence electrons. The molecule has 1 amide bonds. The first-order valence-electron chi connectivity index (χ1n) is 5.03. The van der Waals surface area contributed by atoms with Crippen molar-refractivity contribution in [1.29, 1.82) is 0 Å². The normalized spacial score (nSPS) is 12.2. The Balaban J connectivity index is 2.64. The first-order valence-corrected chi connectivity index (χ1v) is 5.44. The average Bonchev–Trinajstić information content (AvgIpc) is 2.63. The van der Waals surface area contributed by atoms with Crippen LogP contribution in [0.4, 0.5) is 0 Å². The lowest BCUT2D eigenvalue weighted by Gasteiger charge is -2.19. The van der Waals surface area contributed by atoms with Gasteiger partial charge in [-0.2, -0.15) is 0 Å². The number of carbonyl (C=O) groups excluding carboxylic acids is 1. The zero-order chi connectivity index (χ0) is 12.3. The molecule has 5 heteroatoms. The number of amides is 1. The van der Waals surface area contributed by atoms with E-state index >= 15 is 0 Å². The molecule has 0 fully saturated rings. The molecule has 0 aliphatic rings. The maximum atomic E-state index is 11.9. The summed E-state index contributed by atoms with van der Waals surface area (Å²) >= 11 is 4.86. The van der Waals surface area contributed by atoms with Crippen LogP contribution in [0.2, 0.25) is 0 Å². The molecule has 1 unspecified atom stereocenters. The third kappa shape index (κ3) is 3.06. The molecular weight excluding hydrogens is 224 g/mol. The Morgan fingerprint density at radius 3 is 2.69 bits per heavy atom. The predicted octanol–water partition coefficient (Wildman–Crippen LogP) is 1.58. The van der Waals surface area contributed by atoms with Gasteiger partial charge >= 0.3 is 0 Å². The minimum absolute atomic E-state index is 0.00000850. The van der Waals surface area contributed by atoms with E-state index in [-0.39, 0.29) is 11.8 Å². The van der Waals surface area contributed by atoms with Crippen molar-refractivity contribution in [3.63, 3.8) is 0 Å². The monoisotopic (exact) mass is 240 g/mol. The van der Waals surface area contributed by atoms with Gasteiger partial charge in [-0.3, -0.25) is 4.79 Å². The van der Waals surface area contributed by atoms with Crippen LogP contribution in [0.25, 0.3) is 0 Å². The van der Waals surface area contributed by atoms with Gasteiger partial charge in [0.1, 0.15) is 5.76 Å². The lowest BCUT2D eigenvalue weighted by molar-refractivity contribution is 0.0754. The number of furan rings is 1. The van der Waals surface area contributed by atoms with E-state index in [2.05, 4.69) is 0 Å². The van der Waals surface area contributed by atoms with Crippen LogP contribution in [0.5, 0.6) is 0 Å². The molecule has 16 heavy (non-hydrogen) atoms. The summed E-state index contributed by atoms with van der Waals surface area (Å²) < 4.78 is 5.25. The Morgan fingerprint density at radius 2 is 2.25 bits per heavy atom. The van der Waals surface area contributed by atoms with Gasteiger partial charge in [-0.25, -0.2) is 0 Å². The van der Waals surface area contributed by atoms with Crippen molar-refractivity contribution >= 4 is 23.1 Å². The van der Waals surface area contributed by atoms with E-state index < -0.39 is 0 Å². The highest BCUT2D eigenvalue weighted by molar-refractivity contribution is 7.80. The topological polar surface area (TPSA) is 59.5 Å². The van der Waals surface area contributed by atoms with Gasteiger partial charge in [0.25, 0.3) is 5.91 Å². The lowest BCUT2D eigenvalue weighted by atomic mass is 10.1. The lowest BCUT2D eigenvalue weighted by Crippen LogP contribution is -2.35. The summed E-state index contributed by atoms with van der Waals surface area (Å²) in [6.07, 6.45) is 0. The quantitative estimate of drug-likeness (QED) is 0.812. The molecule has 4 nitrogen and oxygen atoms in total. The number of carbonyl (C=O) groups is 1. The second kappa shape index (κ2) is 5.12. The van der Waals surface area contributed by atoms with Crippen LogP contribution < -0.4 is 5.73 Å². The molecule has 1 rings (SSSR count). The van der Waals surface area contributed by atoms with Gasteiger partial charge < -0.3 is 15.1 Å². The van der Waals surface area contributed by atoms with Crippen molar-refractivity contribution in [3.05, 3.63) is 23.7 Å². The average molecular weight is 240 g/mol. The number of aryl methyl sites for hydroxylation is 1. The first kappa shape index (κ1) is 12.7. The highest BCUT2D eigenvalue weighted by atomic mass is 32.1. The third-order valence-corrected chi connectivity index (χ3v) is 2.73. The van der Waals surface area contributed by atoms with Crippen molar-refractivity contribution in [2.75, 3.05) is 13.6 Å². The van der Waals surface area contributed by atoms with E-state index in [1.807, 2.05) is 6.92 Å². The SMILES string of the molecule is Cc1ccc(C(=O)N(C)CC(C)C(N)=S)o1. The fraction of sp³-hybridized carbons (Fsp3) is 0.455. The van der Waals surface area contributed by atoms with Crippen LogP contribution >= 0.6 is 12.2 Å². The minimum Gasteiger partial charge on any atom is -0.456 e. The van der Waals surface area contributed by atoms with E-state index in [4.69, 9.17) is 22.4 Å². The summed E-state index contributed by atoms with van der Waals surface area (Å²) in [5, 5.41) is 0. The molecule has 0 saturated heterocycles. The summed E-state index contributed by atoms with van der Waals surface area (Å²) in [4.78, 5) is 13.8. The number of hydrogen-bond donors (Lipinski definition) is 1. The van der Waals surface area contributed by atoms with Gasteiger partial charge in [0.05, 0.1) is 4.99 Å². The summed E-state index contributed by atoms with van der Waals surface area (Å²) in [5.41, 5.74) is 5.50. The standard InChI is InChI=1S/C11H16N2O2S/c1-7(10(12)16)6-13(3)11(14)9-5-4-8(2)15-9/h4-5,7H,6H2,1-3H3,(H2,12,16). The van der Waals surface area contributed by atoms with E-state index in [0.717, 1.165) is 5.76 Å². The molecule has 1 aromatic rings. The number of rotatable bonds is 4. The molecule has 0 aliphatic heterocycles. The van der Waals surface area contributed by atoms with Crippen molar-refractivity contribution < 1.29 is 9.21 Å². The summed E-state index contributed by atoms with van der Waals surface area (Å²) in [7, 11) is 1.70. The van der Waals surface area contributed by atoms with Crippen molar-refractivity contribution in [2.45, 2.75) is 13.8 Å². The molecular formula is C11H16N2O2S. The zero-order valence-corrected chi connectivity index (χ0v) is 10.5. The van der Waals surface area contributed by atoms with E-state index in [1.165, 1.54) is 0 Å². The van der Waals surface area contributed by atoms with E-state index in [1.54, 1.807) is 31.0 Å². The van der Waals surface area contributed by atoms with E-state index in [0.29, 0.717) is 17.3 Å². The Bertz CT molecular complexity index is 400. The molecule has 2 N–H and O–H groups in total. The fourth-order valence-corrected chi connectivity index (χ4v) is 1.40. The summed E-state index contributed by atoms with van der Waals surface area (Å²) in [5.74, 6) is 0.908. The molecule has 0 saturated carbocycles. The second-order valence-corrected chi connectivity index (χ2v) is 4.37. The van der Waals surface area contributed by atoms with Crippen LogP contribution in [0, 0.1) is 12.8 Å². The summed E-state index contributed by atoms with van der Waals surface area (Å²) in [6.45, 7) is 4.18. The maximum absolute atomic E-state index is 11.9. The molecule has 0 aromatic carbocycles. The van der Waals surface area contributed by atoms with Gasteiger partial charge in [-0.15, -0.1) is 0 Å². The first-order chi connectivity index (χ1) is 7.41. The summed E-state index contributed by atoms with van der Waals surface area (Å²) in [6, 6.07) is 3.43. The number of nitrogens with two attached hydrogens (primary N) is 1.